The number of ether oxygens (including phenoxy) is 1. The molecule has 0 N–H and O–H groups in total. The highest BCUT2D eigenvalue weighted by Gasteiger charge is 2.03. The van der Waals surface area contributed by atoms with Crippen LogP contribution in [0.15, 0.2) is 66.7 Å². The van der Waals surface area contributed by atoms with Crippen LogP contribution >= 0.6 is 0 Å². The molecule has 0 aliphatic carbocycles. The van der Waals surface area contributed by atoms with Crippen molar-refractivity contribution in [2.24, 2.45) is 0 Å². The van der Waals surface area contributed by atoms with Crippen LogP contribution in [0.2, 0.25) is 0 Å². The van der Waals surface area contributed by atoms with Crippen LogP contribution in [0.25, 0.3) is 11.1 Å². The second-order valence-electron chi connectivity index (χ2n) is 6.00. The van der Waals surface area contributed by atoms with Gasteiger partial charge in [-0.2, -0.15) is 5.26 Å². The maximum atomic E-state index is 9.15. The van der Waals surface area contributed by atoms with Gasteiger partial charge >= 0.3 is 0 Å². The van der Waals surface area contributed by atoms with Crippen LogP contribution in [0, 0.1) is 25.2 Å². The number of hydrogen-bond donors (Lipinski definition) is 0. The van der Waals surface area contributed by atoms with E-state index in [0.29, 0.717) is 12.2 Å². The number of rotatable bonds is 4. The molecule has 0 radical (unpaired) electrons. The van der Waals surface area contributed by atoms with E-state index in [2.05, 4.69) is 37.3 Å². The van der Waals surface area contributed by atoms with E-state index in [4.69, 9.17) is 10.00 Å². The van der Waals surface area contributed by atoms with E-state index in [0.717, 1.165) is 28.0 Å². The van der Waals surface area contributed by atoms with Crippen LogP contribution in [0.1, 0.15) is 22.3 Å². The summed E-state index contributed by atoms with van der Waals surface area (Å²) in [7, 11) is 0. The summed E-state index contributed by atoms with van der Waals surface area (Å²) in [5, 5.41) is 9.15. The number of hydrogen-bond acceptors (Lipinski definition) is 2. The summed E-state index contributed by atoms with van der Waals surface area (Å²) in [6.07, 6.45) is 0. The molecule has 3 aromatic rings. The Kier molecular flexibility index (Phi) is 4.63. The first-order valence-corrected chi connectivity index (χ1v) is 7.94. The van der Waals surface area contributed by atoms with Crippen LogP contribution in [0.4, 0.5) is 0 Å². The lowest BCUT2D eigenvalue weighted by atomic mass is 9.99. The Morgan fingerprint density at radius 2 is 1.62 bits per heavy atom. The topological polar surface area (TPSA) is 33.0 Å². The van der Waals surface area contributed by atoms with Gasteiger partial charge in [-0.3, -0.25) is 0 Å². The van der Waals surface area contributed by atoms with Crippen molar-refractivity contribution in [3.8, 4) is 22.9 Å². The minimum atomic E-state index is 0.522. The third kappa shape index (κ3) is 3.83. The summed E-state index contributed by atoms with van der Waals surface area (Å²) < 4.78 is 5.85. The van der Waals surface area contributed by atoms with Gasteiger partial charge in [-0.05, 0) is 66.4 Å². The fourth-order valence-corrected chi connectivity index (χ4v) is 2.66. The Morgan fingerprint density at radius 1 is 0.833 bits per heavy atom. The van der Waals surface area contributed by atoms with E-state index >= 15 is 0 Å². The van der Waals surface area contributed by atoms with E-state index in [9.17, 15) is 0 Å². The van der Waals surface area contributed by atoms with Gasteiger partial charge in [0.2, 0.25) is 0 Å². The van der Waals surface area contributed by atoms with Gasteiger partial charge in [0, 0.05) is 0 Å². The van der Waals surface area contributed by atoms with E-state index in [1.807, 2.05) is 49.4 Å². The molecule has 118 valence electrons. The number of nitriles is 1. The number of aryl methyl sites for hydroxylation is 2. The number of benzene rings is 3. The molecule has 0 fully saturated rings. The Morgan fingerprint density at radius 3 is 2.38 bits per heavy atom. The molecule has 0 aliphatic heterocycles. The van der Waals surface area contributed by atoms with E-state index in [-0.39, 0.29) is 0 Å². The molecule has 2 heteroatoms. The Labute approximate surface area is 143 Å². The van der Waals surface area contributed by atoms with Gasteiger partial charge in [0.25, 0.3) is 0 Å². The minimum absolute atomic E-state index is 0.522. The van der Waals surface area contributed by atoms with Crippen molar-refractivity contribution in [1.82, 2.24) is 0 Å². The lowest BCUT2D eigenvalue weighted by Crippen LogP contribution is -1.95. The molecule has 3 aromatic carbocycles. The molecule has 0 amide bonds. The molecule has 0 saturated heterocycles. The summed E-state index contributed by atoms with van der Waals surface area (Å²) in [6.45, 7) is 4.59. The molecule has 24 heavy (non-hydrogen) atoms. The average Bonchev–Trinajstić information content (AvgIpc) is 2.61. The maximum absolute atomic E-state index is 9.15. The fraction of sp³-hybridized carbons (Fsp3) is 0.136. The second kappa shape index (κ2) is 7.02. The lowest BCUT2D eigenvalue weighted by molar-refractivity contribution is 0.306. The fourth-order valence-electron chi connectivity index (χ4n) is 2.66. The van der Waals surface area contributed by atoms with Gasteiger partial charge in [-0.15, -0.1) is 0 Å². The van der Waals surface area contributed by atoms with Crippen LogP contribution < -0.4 is 4.74 Å². The van der Waals surface area contributed by atoms with Crippen molar-refractivity contribution in [2.75, 3.05) is 0 Å². The molecule has 0 heterocycles. The zero-order valence-corrected chi connectivity index (χ0v) is 13.9. The lowest BCUT2D eigenvalue weighted by Gasteiger charge is -2.09. The monoisotopic (exact) mass is 313 g/mol. The number of nitrogens with zero attached hydrogens (tertiary/aromatic N) is 1. The maximum Gasteiger partial charge on any atom is 0.119 e. The van der Waals surface area contributed by atoms with Crippen molar-refractivity contribution in [3.63, 3.8) is 0 Å². The normalized spacial score (nSPS) is 10.2. The molecule has 0 aliphatic rings. The summed E-state index contributed by atoms with van der Waals surface area (Å²) in [5.41, 5.74) is 6.26. The van der Waals surface area contributed by atoms with Crippen molar-refractivity contribution in [2.45, 2.75) is 20.5 Å². The molecule has 0 atom stereocenters. The summed E-state index contributed by atoms with van der Waals surface area (Å²) >= 11 is 0. The zero-order chi connectivity index (χ0) is 16.9. The predicted octanol–water partition coefficient (Wildman–Crippen LogP) is 5.42. The summed E-state index contributed by atoms with van der Waals surface area (Å²) in [5.74, 6) is 0.869. The Bertz CT molecular complexity index is 889. The quantitative estimate of drug-likeness (QED) is 0.644. The zero-order valence-electron chi connectivity index (χ0n) is 13.9. The third-order valence-corrected chi connectivity index (χ3v) is 3.89. The summed E-state index contributed by atoms with van der Waals surface area (Å²) in [4.78, 5) is 0. The van der Waals surface area contributed by atoms with Crippen LogP contribution in [-0.4, -0.2) is 0 Å². The summed E-state index contributed by atoms with van der Waals surface area (Å²) in [6, 6.07) is 24.5. The van der Waals surface area contributed by atoms with Crippen molar-refractivity contribution in [3.05, 3.63) is 89.0 Å². The second-order valence-corrected chi connectivity index (χ2v) is 6.00. The van der Waals surface area contributed by atoms with Crippen molar-refractivity contribution < 1.29 is 4.74 Å². The highest BCUT2D eigenvalue weighted by molar-refractivity contribution is 5.67. The van der Waals surface area contributed by atoms with Gasteiger partial charge in [0.05, 0.1) is 11.6 Å². The van der Waals surface area contributed by atoms with Crippen LogP contribution in [0.3, 0.4) is 0 Å². The molecule has 2 nitrogen and oxygen atoms in total. The third-order valence-electron chi connectivity index (χ3n) is 3.89. The molecule has 0 spiro atoms. The molecule has 3 rings (SSSR count). The predicted molar refractivity (Wildman–Crippen MR) is 96.8 cm³/mol. The SMILES string of the molecule is Cc1ccc(OCc2cccc(-c3cc(C)cc(C#N)c3)c2)cc1. The first-order chi connectivity index (χ1) is 11.6. The van der Waals surface area contributed by atoms with Crippen LogP contribution in [-0.2, 0) is 6.61 Å². The molecule has 0 aromatic heterocycles. The van der Waals surface area contributed by atoms with E-state index < -0.39 is 0 Å². The highest BCUT2D eigenvalue weighted by Crippen LogP contribution is 2.24. The van der Waals surface area contributed by atoms with Gasteiger partial charge in [0.15, 0.2) is 0 Å². The standard InChI is InChI=1S/C22H19NO/c1-16-6-8-22(9-7-16)24-15-18-4-3-5-20(12-18)21-11-17(2)10-19(13-21)14-23/h3-13H,15H2,1-2H3. The Hall–Kier alpha value is -3.05. The molecular weight excluding hydrogens is 294 g/mol. The van der Waals surface area contributed by atoms with Gasteiger partial charge in [-0.25, -0.2) is 0 Å². The molecular formula is C22H19NO. The van der Waals surface area contributed by atoms with Crippen LogP contribution in [0.5, 0.6) is 5.75 Å². The average molecular weight is 313 g/mol. The molecule has 0 saturated carbocycles. The molecule has 0 unspecified atom stereocenters. The molecule has 0 bridgehead atoms. The minimum Gasteiger partial charge on any atom is -0.489 e. The van der Waals surface area contributed by atoms with Crippen molar-refractivity contribution >= 4 is 0 Å². The van der Waals surface area contributed by atoms with Gasteiger partial charge in [-0.1, -0.05) is 42.0 Å². The largest absolute Gasteiger partial charge is 0.489 e. The first kappa shape index (κ1) is 15.8. The smallest absolute Gasteiger partial charge is 0.119 e. The van der Waals surface area contributed by atoms with Gasteiger partial charge < -0.3 is 4.74 Å². The van der Waals surface area contributed by atoms with Gasteiger partial charge in [0.1, 0.15) is 12.4 Å². The van der Waals surface area contributed by atoms with Crippen molar-refractivity contribution in [1.29, 1.82) is 5.26 Å². The first-order valence-electron chi connectivity index (χ1n) is 7.94. The van der Waals surface area contributed by atoms with E-state index in [1.165, 1.54) is 5.56 Å². The highest BCUT2D eigenvalue weighted by atomic mass is 16.5. The van der Waals surface area contributed by atoms with E-state index in [1.54, 1.807) is 0 Å². The Balaban J connectivity index is 1.80.